The first-order valence-electron chi connectivity index (χ1n) is 6.80. The van der Waals surface area contributed by atoms with Crippen LogP contribution in [-0.2, 0) is 13.2 Å². The molecule has 0 aliphatic rings. The minimum atomic E-state index is 0.0980. The van der Waals surface area contributed by atoms with Gasteiger partial charge >= 0.3 is 0 Å². The van der Waals surface area contributed by atoms with Gasteiger partial charge in [-0.25, -0.2) is 0 Å². The third-order valence-electron chi connectivity index (χ3n) is 2.86. The first-order valence-corrected chi connectivity index (χ1v) is 6.80. The Balaban J connectivity index is 1.89. The maximum atomic E-state index is 5.70. The van der Waals surface area contributed by atoms with E-state index in [2.05, 4.69) is 31.1 Å². The van der Waals surface area contributed by atoms with E-state index < -0.39 is 0 Å². The van der Waals surface area contributed by atoms with E-state index in [0.717, 1.165) is 29.3 Å². The lowest BCUT2D eigenvalue weighted by Crippen LogP contribution is -2.34. The molecule has 0 spiro atoms. The number of nitrogens with zero attached hydrogens (tertiary/aromatic N) is 1. The Morgan fingerprint density at radius 1 is 1.35 bits per heavy atom. The van der Waals surface area contributed by atoms with E-state index in [4.69, 9.17) is 9.15 Å². The summed E-state index contributed by atoms with van der Waals surface area (Å²) in [7, 11) is 0. The monoisotopic (exact) mass is 274 g/mol. The maximum absolute atomic E-state index is 5.70. The highest BCUT2D eigenvalue weighted by atomic mass is 16.5. The lowest BCUT2D eigenvalue weighted by atomic mass is 10.1. The van der Waals surface area contributed by atoms with Gasteiger partial charge in [0, 0.05) is 23.8 Å². The van der Waals surface area contributed by atoms with Crippen LogP contribution in [-0.4, -0.2) is 10.5 Å². The Hall–Kier alpha value is -1.81. The number of ether oxygens (including phenoxy) is 1. The van der Waals surface area contributed by atoms with E-state index in [9.17, 15) is 0 Å². The molecule has 1 N–H and O–H groups in total. The van der Waals surface area contributed by atoms with Gasteiger partial charge in [0.1, 0.15) is 18.1 Å². The molecule has 4 nitrogen and oxygen atoms in total. The molecule has 0 aliphatic carbocycles. The summed E-state index contributed by atoms with van der Waals surface area (Å²) in [4.78, 5) is 4.19. The molecule has 0 radical (unpaired) electrons. The standard InChI is InChI=1S/C16H22N2O2/c1-12-15(6-5-7-17-12)20-11-14-8-13(10-19-14)9-18-16(2,3)4/h5-8,10,18H,9,11H2,1-4H3. The molecule has 4 heteroatoms. The lowest BCUT2D eigenvalue weighted by Gasteiger charge is -2.19. The van der Waals surface area contributed by atoms with Gasteiger partial charge in [0.25, 0.3) is 0 Å². The van der Waals surface area contributed by atoms with Crippen molar-refractivity contribution in [3.8, 4) is 5.75 Å². The van der Waals surface area contributed by atoms with Crippen LogP contribution < -0.4 is 10.1 Å². The van der Waals surface area contributed by atoms with Gasteiger partial charge in [-0.05, 0) is 45.9 Å². The summed E-state index contributed by atoms with van der Waals surface area (Å²) < 4.78 is 11.2. The van der Waals surface area contributed by atoms with Crippen LogP contribution in [0.3, 0.4) is 0 Å². The number of aryl methyl sites for hydroxylation is 1. The zero-order valence-electron chi connectivity index (χ0n) is 12.6. The summed E-state index contributed by atoms with van der Waals surface area (Å²) in [5, 5.41) is 3.42. The molecule has 0 saturated carbocycles. The second kappa shape index (κ2) is 6.09. The molecule has 2 rings (SSSR count). The van der Waals surface area contributed by atoms with E-state index in [1.807, 2.05) is 25.1 Å². The smallest absolute Gasteiger partial charge is 0.146 e. The number of nitrogens with one attached hydrogen (secondary N) is 1. The largest absolute Gasteiger partial charge is 0.484 e. The molecule has 0 aliphatic heterocycles. The minimum Gasteiger partial charge on any atom is -0.484 e. The molecule has 0 bridgehead atoms. The average Bonchev–Trinajstić information content (AvgIpc) is 2.83. The first-order chi connectivity index (χ1) is 9.44. The van der Waals surface area contributed by atoms with Gasteiger partial charge in [-0.1, -0.05) is 0 Å². The van der Waals surface area contributed by atoms with Crippen molar-refractivity contribution >= 4 is 0 Å². The Bertz CT molecular complexity index is 556. The fourth-order valence-electron chi connectivity index (χ4n) is 1.73. The maximum Gasteiger partial charge on any atom is 0.146 e. The van der Waals surface area contributed by atoms with Gasteiger partial charge in [-0.2, -0.15) is 0 Å². The van der Waals surface area contributed by atoms with Crippen molar-refractivity contribution in [2.75, 3.05) is 0 Å². The van der Waals surface area contributed by atoms with Crippen LogP contribution >= 0.6 is 0 Å². The highest BCUT2D eigenvalue weighted by Gasteiger charge is 2.10. The fraction of sp³-hybridized carbons (Fsp3) is 0.438. The van der Waals surface area contributed by atoms with Crippen LogP contribution in [0.15, 0.2) is 35.1 Å². The minimum absolute atomic E-state index is 0.0980. The molecule has 0 saturated heterocycles. The van der Waals surface area contributed by atoms with E-state index in [1.165, 1.54) is 0 Å². The predicted molar refractivity (Wildman–Crippen MR) is 78.6 cm³/mol. The fourth-order valence-corrected chi connectivity index (χ4v) is 1.73. The van der Waals surface area contributed by atoms with Gasteiger partial charge < -0.3 is 14.5 Å². The highest BCUT2D eigenvalue weighted by Crippen LogP contribution is 2.17. The van der Waals surface area contributed by atoms with Crippen LogP contribution in [0.4, 0.5) is 0 Å². The van der Waals surface area contributed by atoms with Crippen molar-refractivity contribution in [2.24, 2.45) is 0 Å². The summed E-state index contributed by atoms with van der Waals surface area (Å²) >= 11 is 0. The molecule has 0 fully saturated rings. The molecule has 0 aromatic carbocycles. The number of furan rings is 1. The van der Waals surface area contributed by atoms with E-state index in [1.54, 1.807) is 12.5 Å². The Morgan fingerprint density at radius 2 is 2.15 bits per heavy atom. The topological polar surface area (TPSA) is 47.3 Å². The van der Waals surface area contributed by atoms with Gasteiger partial charge in [-0.15, -0.1) is 0 Å². The molecule has 2 heterocycles. The van der Waals surface area contributed by atoms with Crippen molar-refractivity contribution in [3.63, 3.8) is 0 Å². The van der Waals surface area contributed by atoms with Gasteiger partial charge in [0.15, 0.2) is 0 Å². The predicted octanol–water partition coefficient (Wildman–Crippen LogP) is 3.45. The molecule has 2 aromatic rings. The summed E-state index contributed by atoms with van der Waals surface area (Å²) in [6.07, 6.45) is 3.53. The van der Waals surface area contributed by atoms with E-state index >= 15 is 0 Å². The second-order valence-electron chi connectivity index (χ2n) is 5.90. The molecule has 20 heavy (non-hydrogen) atoms. The molecule has 2 aromatic heterocycles. The third kappa shape index (κ3) is 4.38. The normalized spacial score (nSPS) is 11.6. The van der Waals surface area contributed by atoms with Gasteiger partial charge in [0.05, 0.1) is 12.0 Å². The quantitative estimate of drug-likeness (QED) is 0.907. The number of hydrogen-bond acceptors (Lipinski definition) is 4. The summed E-state index contributed by atoms with van der Waals surface area (Å²) in [6.45, 7) is 9.56. The van der Waals surface area contributed by atoms with Crippen molar-refractivity contribution < 1.29 is 9.15 Å². The van der Waals surface area contributed by atoms with Crippen molar-refractivity contribution in [1.82, 2.24) is 10.3 Å². The van der Waals surface area contributed by atoms with Crippen LogP contribution in [0.2, 0.25) is 0 Å². The Morgan fingerprint density at radius 3 is 2.85 bits per heavy atom. The summed E-state index contributed by atoms with van der Waals surface area (Å²) in [6, 6.07) is 5.79. The number of rotatable bonds is 5. The van der Waals surface area contributed by atoms with Crippen LogP contribution in [0.25, 0.3) is 0 Å². The zero-order chi connectivity index (χ0) is 14.6. The highest BCUT2D eigenvalue weighted by molar-refractivity contribution is 5.25. The van der Waals surface area contributed by atoms with Crippen molar-refractivity contribution in [3.05, 3.63) is 47.7 Å². The number of hydrogen-bond donors (Lipinski definition) is 1. The van der Waals surface area contributed by atoms with Crippen molar-refractivity contribution in [1.29, 1.82) is 0 Å². The summed E-state index contributed by atoms with van der Waals surface area (Å²) in [5.74, 6) is 1.61. The van der Waals surface area contributed by atoms with Gasteiger partial charge in [-0.3, -0.25) is 4.98 Å². The number of pyridine rings is 1. The van der Waals surface area contributed by atoms with Crippen molar-refractivity contribution in [2.45, 2.75) is 46.4 Å². The first kappa shape index (κ1) is 14.6. The van der Waals surface area contributed by atoms with Crippen LogP contribution in [0, 0.1) is 6.92 Å². The third-order valence-corrected chi connectivity index (χ3v) is 2.86. The van der Waals surface area contributed by atoms with E-state index in [-0.39, 0.29) is 5.54 Å². The second-order valence-corrected chi connectivity index (χ2v) is 5.90. The Labute approximate surface area is 120 Å². The summed E-state index contributed by atoms with van der Waals surface area (Å²) in [5.41, 5.74) is 2.11. The SMILES string of the molecule is Cc1ncccc1OCc1cc(CNC(C)(C)C)co1. The molecule has 108 valence electrons. The molecule has 0 atom stereocenters. The molecular weight excluding hydrogens is 252 g/mol. The Kier molecular flexibility index (Phi) is 4.45. The van der Waals surface area contributed by atoms with E-state index in [0.29, 0.717) is 6.61 Å². The zero-order valence-corrected chi connectivity index (χ0v) is 12.6. The van der Waals surface area contributed by atoms with Crippen LogP contribution in [0.5, 0.6) is 5.75 Å². The molecular formula is C16H22N2O2. The van der Waals surface area contributed by atoms with Gasteiger partial charge in [0.2, 0.25) is 0 Å². The lowest BCUT2D eigenvalue weighted by molar-refractivity contribution is 0.267. The van der Waals surface area contributed by atoms with Crippen LogP contribution in [0.1, 0.15) is 37.8 Å². The average molecular weight is 274 g/mol. The molecule has 0 unspecified atom stereocenters. The number of aromatic nitrogens is 1. The molecule has 0 amide bonds.